The molecular weight excluding hydrogens is 180 g/mol. The van der Waals surface area contributed by atoms with Crippen LogP contribution in [0.2, 0.25) is 5.02 Å². The van der Waals surface area contributed by atoms with Crippen molar-refractivity contribution >= 4 is 22.4 Å². The van der Waals surface area contributed by atoms with E-state index < -0.39 is 0 Å². The van der Waals surface area contributed by atoms with Gasteiger partial charge in [0.25, 0.3) is 0 Å². The standard InChI is InChI=1S/C12H9Cl/c13-11-7-5-9-3-1-2-8-4-6-10(11)12(8)9/h1-3,5,7H,4,6H2. The Bertz CT molecular complexity index is 486. The van der Waals surface area contributed by atoms with E-state index in [1.807, 2.05) is 6.07 Å². The van der Waals surface area contributed by atoms with Crippen molar-refractivity contribution in [3.05, 3.63) is 46.5 Å². The molecule has 0 aliphatic heterocycles. The molecule has 0 saturated heterocycles. The summed E-state index contributed by atoms with van der Waals surface area (Å²) in [6, 6.07) is 10.6. The molecule has 0 saturated carbocycles. The normalized spacial score (nSPS) is 13.9. The smallest absolute Gasteiger partial charge is 0.0444 e. The Morgan fingerprint density at radius 1 is 1.00 bits per heavy atom. The SMILES string of the molecule is Clc1ccc2cccc3c2c1CC3. The summed E-state index contributed by atoms with van der Waals surface area (Å²) < 4.78 is 0. The molecule has 1 aliphatic rings. The van der Waals surface area contributed by atoms with E-state index in [0.29, 0.717) is 0 Å². The van der Waals surface area contributed by atoms with Gasteiger partial charge < -0.3 is 0 Å². The van der Waals surface area contributed by atoms with Crippen LogP contribution < -0.4 is 0 Å². The predicted octanol–water partition coefficient (Wildman–Crippen LogP) is 3.59. The van der Waals surface area contributed by atoms with Crippen molar-refractivity contribution in [3.63, 3.8) is 0 Å². The second-order valence-corrected chi connectivity index (χ2v) is 3.95. The third-order valence-corrected chi connectivity index (χ3v) is 3.18. The molecule has 1 aliphatic carbocycles. The van der Waals surface area contributed by atoms with Gasteiger partial charge in [-0.15, -0.1) is 0 Å². The van der Waals surface area contributed by atoms with Crippen molar-refractivity contribution in [2.75, 3.05) is 0 Å². The third-order valence-electron chi connectivity index (χ3n) is 2.83. The molecule has 64 valence electrons. The number of hydrogen-bond acceptors (Lipinski definition) is 0. The molecular formula is C12H9Cl. The molecule has 0 atom stereocenters. The van der Waals surface area contributed by atoms with Gasteiger partial charge in [0.1, 0.15) is 0 Å². The first kappa shape index (κ1) is 7.40. The molecule has 1 heteroatoms. The molecule has 0 radical (unpaired) electrons. The lowest BCUT2D eigenvalue weighted by Crippen LogP contribution is -1.79. The molecule has 0 nitrogen and oxygen atoms in total. The Balaban J connectivity index is 2.56. The van der Waals surface area contributed by atoms with Gasteiger partial charge in [-0.25, -0.2) is 0 Å². The molecule has 2 aromatic rings. The van der Waals surface area contributed by atoms with Crippen LogP contribution in [0.1, 0.15) is 11.1 Å². The number of halogens is 1. The molecule has 0 heterocycles. The van der Waals surface area contributed by atoms with Gasteiger partial charge in [-0.2, -0.15) is 0 Å². The van der Waals surface area contributed by atoms with E-state index in [1.165, 1.54) is 21.9 Å². The molecule has 3 rings (SSSR count). The maximum Gasteiger partial charge on any atom is 0.0444 e. The lowest BCUT2D eigenvalue weighted by atomic mass is 10.1. The Morgan fingerprint density at radius 2 is 1.92 bits per heavy atom. The molecule has 0 N–H and O–H groups in total. The van der Waals surface area contributed by atoms with Crippen LogP contribution in [-0.2, 0) is 12.8 Å². The van der Waals surface area contributed by atoms with Crippen LogP contribution in [0, 0.1) is 0 Å². The van der Waals surface area contributed by atoms with Gasteiger partial charge in [0.05, 0.1) is 0 Å². The van der Waals surface area contributed by atoms with Gasteiger partial charge >= 0.3 is 0 Å². The average molecular weight is 189 g/mol. The number of rotatable bonds is 0. The van der Waals surface area contributed by atoms with Crippen LogP contribution >= 0.6 is 11.6 Å². The van der Waals surface area contributed by atoms with E-state index in [1.54, 1.807) is 0 Å². The van der Waals surface area contributed by atoms with Gasteiger partial charge in [0, 0.05) is 5.02 Å². The highest BCUT2D eigenvalue weighted by molar-refractivity contribution is 6.32. The summed E-state index contributed by atoms with van der Waals surface area (Å²) in [5.41, 5.74) is 2.80. The van der Waals surface area contributed by atoms with Crippen molar-refractivity contribution in [2.24, 2.45) is 0 Å². The first-order valence-corrected chi connectivity index (χ1v) is 4.93. The van der Waals surface area contributed by atoms with E-state index in [2.05, 4.69) is 24.3 Å². The lowest BCUT2D eigenvalue weighted by Gasteiger charge is -2.02. The van der Waals surface area contributed by atoms with E-state index in [4.69, 9.17) is 11.6 Å². The zero-order valence-electron chi connectivity index (χ0n) is 7.18. The quantitative estimate of drug-likeness (QED) is 0.593. The maximum absolute atomic E-state index is 6.14. The summed E-state index contributed by atoms with van der Waals surface area (Å²) >= 11 is 6.14. The number of benzene rings is 2. The Morgan fingerprint density at radius 3 is 2.85 bits per heavy atom. The van der Waals surface area contributed by atoms with Crippen molar-refractivity contribution in [1.29, 1.82) is 0 Å². The topological polar surface area (TPSA) is 0 Å². The van der Waals surface area contributed by atoms with Crippen LogP contribution in [0.3, 0.4) is 0 Å². The number of hydrogen-bond donors (Lipinski definition) is 0. The minimum atomic E-state index is 0.928. The van der Waals surface area contributed by atoms with E-state index in [9.17, 15) is 0 Å². The van der Waals surface area contributed by atoms with Crippen molar-refractivity contribution in [1.82, 2.24) is 0 Å². The zero-order valence-corrected chi connectivity index (χ0v) is 7.93. The highest BCUT2D eigenvalue weighted by Crippen LogP contribution is 2.34. The van der Waals surface area contributed by atoms with E-state index in [-0.39, 0.29) is 0 Å². The van der Waals surface area contributed by atoms with Crippen LogP contribution in [-0.4, -0.2) is 0 Å². The van der Waals surface area contributed by atoms with Crippen molar-refractivity contribution < 1.29 is 0 Å². The lowest BCUT2D eigenvalue weighted by molar-refractivity contribution is 1.02. The van der Waals surface area contributed by atoms with Crippen LogP contribution in [0.4, 0.5) is 0 Å². The summed E-state index contributed by atoms with van der Waals surface area (Å²) in [5.74, 6) is 0. The largest absolute Gasteiger partial charge is 0.0840 e. The van der Waals surface area contributed by atoms with E-state index in [0.717, 1.165) is 17.9 Å². The zero-order chi connectivity index (χ0) is 8.84. The van der Waals surface area contributed by atoms with Crippen LogP contribution in [0.5, 0.6) is 0 Å². The molecule has 0 bridgehead atoms. The van der Waals surface area contributed by atoms with Gasteiger partial charge in [0.2, 0.25) is 0 Å². The second-order valence-electron chi connectivity index (χ2n) is 3.54. The summed E-state index contributed by atoms with van der Waals surface area (Å²) in [7, 11) is 0. The Labute approximate surface area is 82.1 Å². The average Bonchev–Trinajstić information content (AvgIpc) is 2.57. The molecule has 0 spiro atoms. The van der Waals surface area contributed by atoms with Gasteiger partial charge in [-0.1, -0.05) is 35.9 Å². The molecule has 0 aromatic heterocycles. The van der Waals surface area contributed by atoms with Gasteiger partial charge in [-0.05, 0) is 40.8 Å². The van der Waals surface area contributed by atoms with E-state index >= 15 is 0 Å². The first-order valence-electron chi connectivity index (χ1n) is 4.55. The minimum Gasteiger partial charge on any atom is -0.0840 e. The molecule has 0 fully saturated rings. The first-order chi connectivity index (χ1) is 6.36. The minimum absolute atomic E-state index is 0.928. The monoisotopic (exact) mass is 188 g/mol. The summed E-state index contributed by atoms with van der Waals surface area (Å²) in [6.07, 6.45) is 2.26. The molecule has 2 aromatic carbocycles. The summed E-state index contributed by atoms with van der Waals surface area (Å²) in [6.45, 7) is 0. The third kappa shape index (κ3) is 0.925. The highest BCUT2D eigenvalue weighted by Gasteiger charge is 2.15. The molecule has 0 unspecified atom stereocenters. The van der Waals surface area contributed by atoms with Gasteiger partial charge in [0.15, 0.2) is 0 Å². The summed E-state index contributed by atoms with van der Waals surface area (Å²) in [4.78, 5) is 0. The maximum atomic E-state index is 6.14. The fraction of sp³-hybridized carbons (Fsp3) is 0.167. The highest BCUT2D eigenvalue weighted by atomic mass is 35.5. The van der Waals surface area contributed by atoms with Gasteiger partial charge in [-0.3, -0.25) is 0 Å². The van der Waals surface area contributed by atoms with Crippen LogP contribution in [0.15, 0.2) is 30.3 Å². The second kappa shape index (κ2) is 2.49. The summed E-state index contributed by atoms with van der Waals surface area (Å²) in [5, 5.41) is 3.65. The Hall–Kier alpha value is -1.01. The van der Waals surface area contributed by atoms with Crippen molar-refractivity contribution in [2.45, 2.75) is 12.8 Å². The molecule has 0 amide bonds. The Kier molecular flexibility index (Phi) is 1.42. The fourth-order valence-electron chi connectivity index (χ4n) is 2.22. The number of aryl methyl sites for hydroxylation is 2. The van der Waals surface area contributed by atoms with Crippen LogP contribution in [0.25, 0.3) is 10.8 Å². The van der Waals surface area contributed by atoms with Crippen molar-refractivity contribution in [3.8, 4) is 0 Å². The fourth-order valence-corrected chi connectivity index (χ4v) is 2.47. The predicted molar refractivity (Wildman–Crippen MR) is 56.4 cm³/mol. The molecule has 13 heavy (non-hydrogen) atoms.